The molecule has 1 aliphatic heterocycles. The number of imidazole rings is 1. The first kappa shape index (κ1) is 22.6. The van der Waals surface area contributed by atoms with Gasteiger partial charge in [0.25, 0.3) is 0 Å². The monoisotopic (exact) mass is 491 g/mol. The summed E-state index contributed by atoms with van der Waals surface area (Å²) >= 11 is 6.13. The maximum absolute atomic E-state index is 6.13. The summed E-state index contributed by atoms with van der Waals surface area (Å²) in [6.45, 7) is 3.10. The highest BCUT2D eigenvalue weighted by molar-refractivity contribution is 7.81. The fourth-order valence-electron chi connectivity index (χ4n) is 5.43. The van der Waals surface area contributed by atoms with Crippen LogP contribution < -0.4 is 10.1 Å². The molecule has 1 aliphatic rings. The summed E-state index contributed by atoms with van der Waals surface area (Å²) in [4.78, 5) is 0.727. The van der Waals surface area contributed by atoms with Crippen molar-refractivity contribution in [2.45, 2.75) is 32.7 Å². The molecule has 0 spiro atoms. The molecule has 3 heterocycles. The van der Waals surface area contributed by atoms with E-state index in [0.29, 0.717) is 0 Å². The van der Waals surface area contributed by atoms with Crippen molar-refractivity contribution in [3.05, 3.63) is 102 Å². The molecule has 0 aliphatic carbocycles. The first-order valence-electron chi connectivity index (χ1n) is 12.5. The Bertz CT molecular complexity index is 1560. The third-order valence-corrected chi connectivity index (χ3v) is 7.37. The quantitative estimate of drug-likeness (QED) is 0.258. The Morgan fingerprint density at radius 2 is 1.72 bits per heavy atom. The number of thiocarbonyl (C=S) groups is 1. The summed E-state index contributed by atoms with van der Waals surface area (Å²) < 4.78 is 10.3. The molecule has 1 N–H and O–H groups in total. The fourth-order valence-corrected chi connectivity index (χ4v) is 5.75. The SMILES string of the molecule is COc1ccc(-c2c3c4n(c(-c5ccccc5)cn4c2C(=S)Nc2cccc(C)c2)CCCC3)cc1. The third-order valence-electron chi connectivity index (χ3n) is 7.07. The van der Waals surface area contributed by atoms with E-state index in [9.17, 15) is 0 Å². The number of benzene rings is 3. The number of nitrogens with one attached hydrogen (secondary N) is 1. The van der Waals surface area contributed by atoms with E-state index >= 15 is 0 Å². The van der Waals surface area contributed by atoms with E-state index in [1.54, 1.807) is 7.11 Å². The summed E-state index contributed by atoms with van der Waals surface area (Å²) in [6.07, 6.45) is 5.60. The van der Waals surface area contributed by atoms with Gasteiger partial charge in [0, 0.05) is 29.6 Å². The van der Waals surface area contributed by atoms with Crippen LogP contribution in [0.25, 0.3) is 28.0 Å². The van der Waals surface area contributed by atoms with E-state index in [4.69, 9.17) is 17.0 Å². The maximum Gasteiger partial charge on any atom is 0.128 e. The van der Waals surface area contributed by atoms with E-state index in [1.165, 1.54) is 33.6 Å². The van der Waals surface area contributed by atoms with Crippen molar-refractivity contribution in [2.24, 2.45) is 0 Å². The summed E-state index contributed by atoms with van der Waals surface area (Å²) in [5.74, 6) is 0.853. The largest absolute Gasteiger partial charge is 0.497 e. The summed E-state index contributed by atoms with van der Waals surface area (Å²) in [5, 5.41) is 3.54. The Kier molecular flexibility index (Phi) is 5.86. The molecular weight excluding hydrogens is 462 g/mol. The number of aryl methyl sites for hydroxylation is 3. The highest BCUT2D eigenvalue weighted by Crippen LogP contribution is 2.40. The zero-order chi connectivity index (χ0) is 24.6. The van der Waals surface area contributed by atoms with E-state index < -0.39 is 0 Å². The van der Waals surface area contributed by atoms with Crippen LogP contribution in [0.4, 0.5) is 5.69 Å². The Morgan fingerprint density at radius 1 is 0.917 bits per heavy atom. The summed E-state index contributed by atoms with van der Waals surface area (Å²) in [6, 6.07) is 27.4. The molecule has 3 aromatic carbocycles. The van der Waals surface area contributed by atoms with Crippen molar-refractivity contribution < 1.29 is 4.74 Å². The lowest BCUT2D eigenvalue weighted by atomic mass is 9.97. The molecule has 0 saturated heterocycles. The second kappa shape index (κ2) is 9.32. The van der Waals surface area contributed by atoms with Crippen molar-refractivity contribution in [1.82, 2.24) is 8.97 Å². The van der Waals surface area contributed by atoms with Gasteiger partial charge in [-0.15, -0.1) is 0 Å². The third kappa shape index (κ3) is 3.90. The van der Waals surface area contributed by atoms with Crippen LogP contribution in [-0.2, 0) is 13.0 Å². The first-order chi connectivity index (χ1) is 17.6. The number of aromatic nitrogens is 2. The van der Waals surface area contributed by atoms with Gasteiger partial charge in [-0.3, -0.25) is 4.40 Å². The van der Waals surface area contributed by atoms with Gasteiger partial charge in [0.15, 0.2) is 0 Å². The molecule has 6 rings (SSSR count). The van der Waals surface area contributed by atoms with Gasteiger partial charge in [-0.05, 0) is 67.1 Å². The lowest BCUT2D eigenvalue weighted by Gasteiger charge is -2.13. The molecule has 0 bridgehead atoms. The number of rotatable bonds is 5. The Morgan fingerprint density at radius 3 is 2.47 bits per heavy atom. The van der Waals surface area contributed by atoms with Crippen molar-refractivity contribution in [3.8, 4) is 28.1 Å². The van der Waals surface area contributed by atoms with Crippen LogP contribution in [0.5, 0.6) is 5.75 Å². The molecule has 0 saturated carbocycles. The Balaban J connectivity index is 1.60. The van der Waals surface area contributed by atoms with E-state index in [2.05, 4.69) is 94.1 Å². The average Bonchev–Trinajstić information content (AvgIpc) is 3.32. The first-order valence-corrected chi connectivity index (χ1v) is 12.9. The van der Waals surface area contributed by atoms with Crippen LogP contribution in [0.1, 0.15) is 29.7 Å². The molecule has 4 nitrogen and oxygen atoms in total. The number of methoxy groups -OCH3 is 1. The lowest BCUT2D eigenvalue weighted by molar-refractivity contribution is 0.415. The molecule has 5 heteroatoms. The summed E-state index contributed by atoms with van der Waals surface area (Å²) in [7, 11) is 1.70. The molecule has 2 aromatic heterocycles. The van der Waals surface area contributed by atoms with E-state index in [1.807, 2.05) is 12.1 Å². The molecule has 0 amide bonds. The van der Waals surface area contributed by atoms with Gasteiger partial charge in [0.2, 0.25) is 0 Å². The minimum atomic E-state index is 0.727. The number of hydrogen-bond acceptors (Lipinski definition) is 2. The molecular formula is C31H29N3OS. The lowest BCUT2D eigenvalue weighted by Crippen LogP contribution is -2.14. The predicted molar refractivity (Wildman–Crippen MR) is 152 cm³/mol. The fraction of sp³-hybridized carbons (Fsp3) is 0.194. The normalized spacial score (nSPS) is 12.9. The molecule has 0 unspecified atom stereocenters. The number of hydrogen-bond donors (Lipinski definition) is 1. The van der Waals surface area contributed by atoms with E-state index in [0.717, 1.165) is 53.5 Å². The van der Waals surface area contributed by atoms with Crippen LogP contribution in [-0.4, -0.2) is 21.1 Å². The minimum absolute atomic E-state index is 0.727. The second-order valence-electron chi connectivity index (χ2n) is 9.44. The van der Waals surface area contributed by atoms with Gasteiger partial charge < -0.3 is 14.6 Å². The van der Waals surface area contributed by atoms with Gasteiger partial charge in [-0.25, -0.2) is 0 Å². The van der Waals surface area contributed by atoms with Crippen molar-refractivity contribution in [3.63, 3.8) is 0 Å². The molecule has 5 aromatic rings. The zero-order valence-corrected chi connectivity index (χ0v) is 21.4. The van der Waals surface area contributed by atoms with Gasteiger partial charge in [0.1, 0.15) is 16.4 Å². The highest BCUT2D eigenvalue weighted by atomic mass is 32.1. The van der Waals surface area contributed by atoms with Crippen molar-refractivity contribution in [2.75, 3.05) is 12.4 Å². The number of anilines is 1. The van der Waals surface area contributed by atoms with Crippen LogP contribution in [0, 0.1) is 6.92 Å². The smallest absolute Gasteiger partial charge is 0.128 e. The predicted octanol–water partition coefficient (Wildman–Crippen LogP) is 7.52. The Hall–Kier alpha value is -3.83. The standard InChI is InChI=1S/C31H29N3OS/c1-21-9-8-12-24(19-21)32-30(36)29-28(23-14-16-25(35-2)17-15-23)26-13-6-7-18-33-27(20-34(29)31(26)33)22-10-4-3-5-11-22/h3-5,8-12,14-17,19-20H,6-7,13,18H2,1-2H3,(H,32,36). The van der Waals surface area contributed by atoms with Gasteiger partial charge in [-0.1, -0.05) is 66.8 Å². The molecule has 0 fully saturated rings. The maximum atomic E-state index is 6.13. The Labute approximate surface area is 217 Å². The van der Waals surface area contributed by atoms with E-state index in [-0.39, 0.29) is 0 Å². The topological polar surface area (TPSA) is 30.6 Å². The molecule has 36 heavy (non-hydrogen) atoms. The van der Waals surface area contributed by atoms with Gasteiger partial charge >= 0.3 is 0 Å². The van der Waals surface area contributed by atoms with Crippen molar-refractivity contribution >= 4 is 28.5 Å². The summed E-state index contributed by atoms with van der Waals surface area (Å²) in [5.41, 5.74) is 10.7. The molecule has 180 valence electrons. The second-order valence-corrected chi connectivity index (χ2v) is 9.85. The average molecular weight is 492 g/mol. The molecule has 0 radical (unpaired) electrons. The number of ether oxygens (including phenoxy) is 1. The number of nitrogens with zero attached hydrogens (tertiary/aromatic N) is 2. The van der Waals surface area contributed by atoms with Crippen LogP contribution >= 0.6 is 12.2 Å². The zero-order valence-electron chi connectivity index (χ0n) is 20.6. The van der Waals surface area contributed by atoms with Gasteiger partial charge in [-0.2, -0.15) is 0 Å². The van der Waals surface area contributed by atoms with Crippen LogP contribution in [0.3, 0.4) is 0 Å². The molecule has 0 atom stereocenters. The van der Waals surface area contributed by atoms with Gasteiger partial charge in [0.05, 0.1) is 18.5 Å². The highest BCUT2D eigenvalue weighted by Gasteiger charge is 2.28. The van der Waals surface area contributed by atoms with Crippen LogP contribution in [0.2, 0.25) is 0 Å². The van der Waals surface area contributed by atoms with Crippen molar-refractivity contribution in [1.29, 1.82) is 0 Å². The minimum Gasteiger partial charge on any atom is -0.497 e. The van der Waals surface area contributed by atoms with Crippen LogP contribution in [0.15, 0.2) is 85.1 Å².